The van der Waals surface area contributed by atoms with Gasteiger partial charge in [0.1, 0.15) is 5.75 Å². The van der Waals surface area contributed by atoms with Crippen LogP contribution in [0.1, 0.15) is 40.5 Å². The molecule has 4 N–H and O–H groups in total. The smallest absolute Gasteiger partial charge is 0.504 e. The maximum absolute atomic E-state index is 12.7. The van der Waals surface area contributed by atoms with Crippen LogP contribution in [0, 0.1) is 5.92 Å². The van der Waals surface area contributed by atoms with E-state index in [9.17, 15) is 29.7 Å². The Balaban J connectivity index is 1.47. The Morgan fingerprint density at radius 2 is 1.61 bits per heavy atom. The lowest BCUT2D eigenvalue weighted by Crippen LogP contribution is -2.41. The van der Waals surface area contributed by atoms with Gasteiger partial charge in [-0.1, -0.05) is 0 Å². The van der Waals surface area contributed by atoms with Gasteiger partial charge in [-0.25, -0.2) is 4.79 Å². The number of nitrogens with one attached hydrogen (secondary N) is 1. The summed E-state index contributed by atoms with van der Waals surface area (Å²) in [6.07, 6.45) is 0.592. The van der Waals surface area contributed by atoms with Gasteiger partial charge in [-0.05, 0) is 62.1 Å². The third kappa shape index (κ3) is 6.06. The average molecular weight is 458 g/mol. The predicted molar refractivity (Wildman–Crippen MR) is 116 cm³/mol. The monoisotopic (exact) mass is 458 g/mol. The number of piperidine rings is 1. The number of likely N-dealkylation sites (tertiary alicyclic amines) is 1. The highest BCUT2D eigenvalue weighted by Crippen LogP contribution is 2.35. The van der Waals surface area contributed by atoms with Crippen molar-refractivity contribution in [3.05, 3.63) is 47.5 Å². The minimum absolute atomic E-state index is 0.0331. The van der Waals surface area contributed by atoms with Crippen LogP contribution in [-0.2, 0) is 4.74 Å². The van der Waals surface area contributed by atoms with E-state index >= 15 is 0 Å². The summed E-state index contributed by atoms with van der Waals surface area (Å²) < 4.78 is 9.69. The van der Waals surface area contributed by atoms with Gasteiger partial charge in [-0.3, -0.25) is 9.59 Å². The van der Waals surface area contributed by atoms with Gasteiger partial charge in [0.15, 0.2) is 17.2 Å². The highest BCUT2D eigenvalue weighted by Gasteiger charge is 2.24. The quantitative estimate of drug-likeness (QED) is 0.294. The molecule has 1 fully saturated rings. The number of hydrogen-bond donors (Lipinski definition) is 4. The minimum atomic E-state index is -0.801. The Morgan fingerprint density at radius 1 is 1.00 bits per heavy atom. The Kier molecular flexibility index (Phi) is 7.60. The predicted octanol–water partition coefficient (Wildman–Crippen LogP) is 2.62. The van der Waals surface area contributed by atoms with E-state index < -0.39 is 29.3 Å². The van der Waals surface area contributed by atoms with E-state index in [1.165, 1.54) is 12.1 Å². The Labute approximate surface area is 190 Å². The first kappa shape index (κ1) is 23.7. The van der Waals surface area contributed by atoms with Crippen molar-refractivity contribution in [3.8, 4) is 23.0 Å². The van der Waals surface area contributed by atoms with Crippen molar-refractivity contribution in [1.82, 2.24) is 10.2 Å². The van der Waals surface area contributed by atoms with Gasteiger partial charge in [0.2, 0.25) is 0 Å². The van der Waals surface area contributed by atoms with Crippen LogP contribution in [0.15, 0.2) is 36.4 Å². The summed E-state index contributed by atoms with van der Waals surface area (Å²) in [5.74, 6) is -1.99. The zero-order valence-electron chi connectivity index (χ0n) is 18.1. The SMILES string of the molecule is CCOC(=O)Oc1ccc(C(=O)N2CCC(CNC(=O)c3cc(O)c(O)c(O)c3)CC2)cc1. The average Bonchev–Trinajstić information content (AvgIpc) is 2.81. The number of carbonyl (C=O) groups excluding carboxylic acids is 3. The molecule has 1 aliphatic heterocycles. The fourth-order valence-electron chi connectivity index (χ4n) is 3.51. The Bertz CT molecular complexity index is 991. The molecular formula is C23H26N2O8. The maximum Gasteiger partial charge on any atom is 0.513 e. The molecule has 0 aliphatic carbocycles. The lowest BCUT2D eigenvalue weighted by atomic mass is 9.96. The van der Waals surface area contributed by atoms with Crippen LogP contribution in [0.2, 0.25) is 0 Å². The second-order valence-corrected chi connectivity index (χ2v) is 7.62. The summed E-state index contributed by atoms with van der Waals surface area (Å²) in [6.45, 7) is 3.32. The summed E-state index contributed by atoms with van der Waals surface area (Å²) in [5, 5.41) is 31.2. The van der Waals surface area contributed by atoms with Crippen LogP contribution in [-0.4, -0.2) is 64.4 Å². The van der Waals surface area contributed by atoms with E-state index in [2.05, 4.69) is 5.32 Å². The number of phenols is 3. The van der Waals surface area contributed by atoms with Crippen molar-refractivity contribution in [3.63, 3.8) is 0 Å². The van der Waals surface area contributed by atoms with E-state index in [4.69, 9.17) is 9.47 Å². The molecule has 0 atom stereocenters. The normalized spacial score (nSPS) is 13.9. The molecule has 3 rings (SSSR count). The highest BCUT2D eigenvalue weighted by molar-refractivity contribution is 5.95. The van der Waals surface area contributed by atoms with Crippen molar-refractivity contribution >= 4 is 18.0 Å². The van der Waals surface area contributed by atoms with Gasteiger partial charge >= 0.3 is 6.16 Å². The lowest BCUT2D eigenvalue weighted by Gasteiger charge is -2.32. The topological polar surface area (TPSA) is 146 Å². The van der Waals surface area contributed by atoms with Crippen LogP contribution >= 0.6 is 0 Å². The van der Waals surface area contributed by atoms with Crippen molar-refractivity contribution in [2.24, 2.45) is 5.92 Å². The van der Waals surface area contributed by atoms with Gasteiger partial charge < -0.3 is 35.0 Å². The van der Waals surface area contributed by atoms with Crippen LogP contribution in [0.3, 0.4) is 0 Å². The highest BCUT2D eigenvalue weighted by atomic mass is 16.7. The van der Waals surface area contributed by atoms with Crippen molar-refractivity contribution in [2.45, 2.75) is 19.8 Å². The molecule has 0 aromatic heterocycles. The summed E-state index contributed by atoms with van der Waals surface area (Å²) in [5.41, 5.74) is 0.510. The number of carbonyl (C=O) groups is 3. The number of phenolic OH excluding ortho intramolecular Hbond substituents is 3. The third-order valence-corrected chi connectivity index (χ3v) is 5.35. The molecule has 1 saturated heterocycles. The minimum Gasteiger partial charge on any atom is -0.504 e. The van der Waals surface area contributed by atoms with Crippen molar-refractivity contribution in [1.29, 1.82) is 0 Å². The van der Waals surface area contributed by atoms with Gasteiger partial charge in [0.05, 0.1) is 6.61 Å². The molecule has 0 saturated carbocycles. The first-order chi connectivity index (χ1) is 15.8. The number of ether oxygens (including phenoxy) is 2. The largest absolute Gasteiger partial charge is 0.513 e. The second kappa shape index (κ2) is 10.6. The first-order valence-electron chi connectivity index (χ1n) is 10.6. The second-order valence-electron chi connectivity index (χ2n) is 7.62. The van der Waals surface area contributed by atoms with Crippen LogP contribution in [0.5, 0.6) is 23.0 Å². The number of hydrogen-bond acceptors (Lipinski definition) is 8. The number of benzene rings is 2. The lowest BCUT2D eigenvalue weighted by molar-refractivity contribution is 0.0684. The molecule has 33 heavy (non-hydrogen) atoms. The van der Waals surface area contributed by atoms with E-state index in [0.29, 0.717) is 38.0 Å². The van der Waals surface area contributed by atoms with E-state index in [-0.39, 0.29) is 29.7 Å². The molecule has 1 heterocycles. The number of rotatable bonds is 6. The summed E-state index contributed by atoms with van der Waals surface area (Å²) >= 11 is 0. The fourth-order valence-corrected chi connectivity index (χ4v) is 3.51. The summed E-state index contributed by atoms with van der Waals surface area (Å²) in [6, 6.07) is 8.40. The zero-order valence-corrected chi connectivity index (χ0v) is 18.1. The number of aromatic hydroxyl groups is 3. The molecule has 176 valence electrons. The van der Waals surface area contributed by atoms with E-state index in [1.807, 2.05) is 0 Å². The maximum atomic E-state index is 12.7. The molecule has 2 amide bonds. The zero-order chi connectivity index (χ0) is 24.0. The van der Waals surface area contributed by atoms with Gasteiger partial charge in [0, 0.05) is 30.8 Å². The van der Waals surface area contributed by atoms with Gasteiger partial charge in [-0.15, -0.1) is 0 Å². The molecule has 0 radical (unpaired) electrons. The Hall–Kier alpha value is -3.95. The Morgan fingerprint density at radius 3 is 2.18 bits per heavy atom. The summed E-state index contributed by atoms with van der Waals surface area (Å²) in [4.78, 5) is 38.1. The van der Waals surface area contributed by atoms with Gasteiger partial charge in [-0.2, -0.15) is 0 Å². The standard InChI is InChI=1S/C23H26N2O8/c1-2-32-23(31)33-17-5-3-15(4-6-17)22(30)25-9-7-14(8-10-25)13-24-21(29)16-11-18(26)20(28)19(27)12-16/h3-6,11-12,14,26-28H,2,7-10,13H2,1H3,(H,24,29). The summed E-state index contributed by atoms with van der Waals surface area (Å²) in [7, 11) is 0. The molecule has 0 bridgehead atoms. The van der Waals surface area contributed by atoms with E-state index in [0.717, 1.165) is 12.1 Å². The number of nitrogens with zero attached hydrogens (tertiary/aromatic N) is 1. The molecule has 10 nitrogen and oxygen atoms in total. The van der Waals surface area contributed by atoms with Crippen LogP contribution in [0.25, 0.3) is 0 Å². The van der Waals surface area contributed by atoms with Crippen molar-refractivity contribution in [2.75, 3.05) is 26.2 Å². The van der Waals surface area contributed by atoms with Crippen LogP contribution < -0.4 is 10.1 Å². The van der Waals surface area contributed by atoms with E-state index in [1.54, 1.807) is 24.0 Å². The first-order valence-corrected chi connectivity index (χ1v) is 10.6. The molecule has 0 unspecified atom stereocenters. The molecule has 2 aromatic carbocycles. The van der Waals surface area contributed by atoms with Crippen LogP contribution in [0.4, 0.5) is 4.79 Å². The fraction of sp³-hybridized carbons (Fsp3) is 0.348. The van der Waals surface area contributed by atoms with Gasteiger partial charge in [0.25, 0.3) is 11.8 Å². The molecule has 10 heteroatoms. The number of amides is 2. The molecule has 2 aromatic rings. The van der Waals surface area contributed by atoms with Crippen molar-refractivity contribution < 1.29 is 39.2 Å². The molecule has 0 spiro atoms. The third-order valence-electron chi connectivity index (χ3n) is 5.35. The molecule has 1 aliphatic rings. The molecular weight excluding hydrogens is 432 g/mol.